The Bertz CT molecular complexity index is 750. The lowest BCUT2D eigenvalue weighted by molar-refractivity contribution is -0.138. The number of aliphatic hydroxyl groups is 1. The maximum Gasteiger partial charge on any atom is 0.321 e. The predicted molar refractivity (Wildman–Crippen MR) is 92.5 cm³/mol. The van der Waals surface area contributed by atoms with E-state index in [2.05, 4.69) is 15.6 Å². The Kier molecular flexibility index (Phi) is 6.43. The van der Waals surface area contributed by atoms with Crippen LogP contribution in [0.2, 0.25) is 0 Å². The van der Waals surface area contributed by atoms with Gasteiger partial charge < -0.3 is 15.3 Å². The molecule has 0 spiro atoms. The average Bonchev–Trinajstić information content (AvgIpc) is 2.99. The van der Waals surface area contributed by atoms with Gasteiger partial charge in [0.25, 0.3) is 5.91 Å². The third-order valence-electron chi connectivity index (χ3n) is 3.25. The highest BCUT2D eigenvalue weighted by Gasteiger charge is 2.16. The van der Waals surface area contributed by atoms with Crippen LogP contribution < -0.4 is 10.6 Å². The molecule has 0 aliphatic carbocycles. The molecule has 0 bridgehead atoms. The van der Waals surface area contributed by atoms with Crippen molar-refractivity contribution in [2.45, 2.75) is 26.1 Å². The van der Waals surface area contributed by atoms with Gasteiger partial charge >= 0.3 is 6.03 Å². The fraction of sp³-hybridized carbons (Fsp3) is 0.312. The number of hydrogen-bond acceptors (Lipinski definition) is 5. The summed E-state index contributed by atoms with van der Waals surface area (Å²) >= 11 is 1.22. The first-order valence-electron chi connectivity index (χ1n) is 7.52. The first kappa shape index (κ1) is 18.8. The van der Waals surface area contributed by atoms with Crippen molar-refractivity contribution in [3.05, 3.63) is 46.7 Å². The Hall–Kier alpha value is -2.52. The molecule has 7 nitrogen and oxygen atoms in total. The fourth-order valence-electron chi connectivity index (χ4n) is 2.05. The summed E-state index contributed by atoms with van der Waals surface area (Å²) in [5.74, 6) is -0.768. The minimum absolute atomic E-state index is 0.188. The van der Waals surface area contributed by atoms with Crippen molar-refractivity contribution >= 4 is 28.4 Å². The Morgan fingerprint density at radius 2 is 2.20 bits per heavy atom. The number of aliphatic hydroxyl groups excluding tert-OH is 1. The van der Waals surface area contributed by atoms with Crippen molar-refractivity contribution in [1.82, 2.24) is 15.2 Å². The average molecular weight is 366 g/mol. The van der Waals surface area contributed by atoms with Crippen LogP contribution in [0.5, 0.6) is 0 Å². The number of halogens is 1. The molecule has 9 heteroatoms. The number of hydrogen-bond donors (Lipinski definition) is 3. The smallest absolute Gasteiger partial charge is 0.321 e. The molecule has 0 fully saturated rings. The molecule has 0 saturated heterocycles. The van der Waals surface area contributed by atoms with Crippen molar-refractivity contribution in [2.24, 2.45) is 0 Å². The Morgan fingerprint density at radius 1 is 1.44 bits per heavy atom. The number of carbonyl (C=O) groups is 2. The quantitative estimate of drug-likeness (QED) is 0.728. The number of aromatic nitrogens is 1. The van der Waals surface area contributed by atoms with Gasteiger partial charge in [-0.2, -0.15) is 0 Å². The second kappa shape index (κ2) is 8.54. The van der Waals surface area contributed by atoms with Crippen LogP contribution in [0.25, 0.3) is 0 Å². The summed E-state index contributed by atoms with van der Waals surface area (Å²) in [5, 5.41) is 16.6. The zero-order valence-electron chi connectivity index (χ0n) is 13.8. The molecule has 2 aromatic rings. The highest BCUT2D eigenvalue weighted by Crippen LogP contribution is 2.16. The van der Waals surface area contributed by atoms with Gasteiger partial charge in [0, 0.05) is 19.0 Å². The maximum atomic E-state index is 13.1. The third-order valence-corrected chi connectivity index (χ3v) is 4.05. The molecule has 134 valence electrons. The Morgan fingerprint density at radius 3 is 2.88 bits per heavy atom. The van der Waals surface area contributed by atoms with E-state index in [1.165, 1.54) is 35.3 Å². The van der Waals surface area contributed by atoms with Gasteiger partial charge in [-0.05, 0) is 24.6 Å². The lowest BCUT2D eigenvalue weighted by atomic mass is 10.2. The van der Waals surface area contributed by atoms with Crippen LogP contribution in [-0.2, 0) is 17.9 Å². The number of carbonyl (C=O) groups excluding carboxylic acids is 2. The summed E-state index contributed by atoms with van der Waals surface area (Å²) in [6.07, 6.45) is -1.07. The largest absolute Gasteiger partial charge is 0.384 e. The Labute approximate surface area is 148 Å². The van der Waals surface area contributed by atoms with Gasteiger partial charge in [-0.1, -0.05) is 12.1 Å². The molecule has 25 heavy (non-hydrogen) atoms. The van der Waals surface area contributed by atoms with Gasteiger partial charge in [0.2, 0.25) is 0 Å². The first-order chi connectivity index (χ1) is 11.8. The van der Waals surface area contributed by atoms with Gasteiger partial charge in [0.15, 0.2) is 5.13 Å². The van der Waals surface area contributed by atoms with Crippen LogP contribution in [0, 0.1) is 5.82 Å². The van der Waals surface area contributed by atoms with Gasteiger partial charge in [0.1, 0.15) is 11.9 Å². The highest BCUT2D eigenvalue weighted by atomic mass is 32.1. The van der Waals surface area contributed by atoms with Crippen LogP contribution in [0.4, 0.5) is 14.3 Å². The van der Waals surface area contributed by atoms with E-state index in [-0.39, 0.29) is 18.9 Å². The number of benzene rings is 1. The summed E-state index contributed by atoms with van der Waals surface area (Å²) in [5.41, 5.74) is 1.25. The van der Waals surface area contributed by atoms with Crippen LogP contribution in [0.1, 0.15) is 18.2 Å². The number of anilines is 1. The number of amides is 3. The topological polar surface area (TPSA) is 94.6 Å². The molecule has 0 aliphatic heterocycles. The number of likely N-dealkylation sites (N-methyl/N-ethyl adjacent to an activating group) is 1. The van der Waals surface area contributed by atoms with Crippen molar-refractivity contribution < 1.29 is 19.1 Å². The van der Waals surface area contributed by atoms with Gasteiger partial charge in [-0.15, -0.1) is 11.3 Å². The number of urea groups is 1. The fourth-order valence-corrected chi connectivity index (χ4v) is 2.74. The zero-order chi connectivity index (χ0) is 18.4. The summed E-state index contributed by atoms with van der Waals surface area (Å²) < 4.78 is 13.1. The number of thiazole rings is 1. The van der Waals surface area contributed by atoms with Gasteiger partial charge in [0.05, 0.1) is 12.2 Å². The third kappa shape index (κ3) is 5.80. The zero-order valence-corrected chi connectivity index (χ0v) is 14.6. The first-order valence-corrected chi connectivity index (χ1v) is 8.40. The van der Waals surface area contributed by atoms with Crippen molar-refractivity contribution in [2.75, 3.05) is 12.4 Å². The molecule has 0 aliphatic rings. The predicted octanol–water partition coefficient (Wildman–Crippen LogP) is 1.94. The summed E-state index contributed by atoms with van der Waals surface area (Å²) in [7, 11) is 1.56. The van der Waals surface area contributed by atoms with E-state index < -0.39 is 18.0 Å². The number of nitrogens with zero attached hydrogens (tertiary/aromatic N) is 2. The lowest BCUT2D eigenvalue weighted by Gasteiger charge is -2.17. The number of nitrogens with one attached hydrogen (secondary N) is 2. The van der Waals surface area contributed by atoms with Crippen LogP contribution in [0.3, 0.4) is 0 Å². The molecular weight excluding hydrogens is 347 g/mol. The van der Waals surface area contributed by atoms with Crippen molar-refractivity contribution in [3.8, 4) is 0 Å². The van der Waals surface area contributed by atoms with E-state index in [4.69, 9.17) is 0 Å². The molecule has 2 rings (SSSR count). The molecular formula is C16H19FN4O3S. The van der Waals surface area contributed by atoms with Crippen LogP contribution >= 0.6 is 11.3 Å². The van der Waals surface area contributed by atoms with E-state index >= 15 is 0 Å². The van der Waals surface area contributed by atoms with E-state index in [0.29, 0.717) is 16.4 Å². The highest BCUT2D eigenvalue weighted by molar-refractivity contribution is 7.13. The molecule has 1 atom stereocenters. The molecule has 1 unspecified atom stereocenters. The maximum absolute atomic E-state index is 13.1. The SMILES string of the molecule is CC(O)C(=O)N(C)Cc1csc(NC(=O)NCc2cccc(F)c2)n1. The standard InChI is InChI=1S/C16H19FN4O3S/c1-10(22)14(23)21(2)8-13-9-25-16(19-13)20-15(24)18-7-11-4-3-5-12(17)6-11/h3-6,9-10,22H,7-8H2,1-2H3,(H2,18,19,20,24). The molecule has 0 radical (unpaired) electrons. The van der Waals surface area contributed by atoms with Gasteiger partial charge in [-0.25, -0.2) is 14.2 Å². The van der Waals surface area contributed by atoms with E-state index in [1.54, 1.807) is 24.6 Å². The molecule has 3 N–H and O–H groups in total. The van der Waals surface area contributed by atoms with Crippen LogP contribution in [0.15, 0.2) is 29.6 Å². The molecule has 1 aromatic heterocycles. The molecule has 1 aromatic carbocycles. The number of rotatable bonds is 6. The minimum Gasteiger partial charge on any atom is -0.384 e. The molecule has 0 saturated carbocycles. The van der Waals surface area contributed by atoms with Crippen molar-refractivity contribution in [3.63, 3.8) is 0 Å². The van der Waals surface area contributed by atoms with Crippen molar-refractivity contribution in [1.29, 1.82) is 0 Å². The van der Waals surface area contributed by atoms with Crippen LogP contribution in [-0.4, -0.2) is 40.1 Å². The van der Waals surface area contributed by atoms with E-state index in [0.717, 1.165) is 0 Å². The lowest BCUT2D eigenvalue weighted by Crippen LogP contribution is -2.34. The van der Waals surface area contributed by atoms with Gasteiger partial charge in [-0.3, -0.25) is 10.1 Å². The summed E-state index contributed by atoms with van der Waals surface area (Å²) in [6.45, 7) is 1.82. The normalized spacial score (nSPS) is 11.7. The summed E-state index contributed by atoms with van der Waals surface area (Å²) in [4.78, 5) is 29.0. The molecule has 1 heterocycles. The summed E-state index contributed by atoms with van der Waals surface area (Å²) in [6, 6.07) is 5.50. The molecule has 3 amide bonds. The second-order valence-electron chi connectivity index (χ2n) is 5.45. The van der Waals surface area contributed by atoms with E-state index in [1.807, 2.05) is 0 Å². The van der Waals surface area contributed by atoms with E-state index in [9.17, 15) is 19.1 Å². The second-order valence-corrected chi connectivity index (χ2v) is 6.31. The Balaban J connectivity index is 1.84. The minimum atomic E-state index is -1.07. The monoisotopic (exact) mass is 366 g/mol.